The second kappa shape index (κ2) is 11.9. The van der Waals surface area contributed by atoms with Crippen molar-refractivity contribution in [3.05, 3.63) is 86.4 Å². The Bertz CT molecular complexity index is 1520. The van der Waals surface area contributed by atoms with Crippen molar-refractivity contribution >= 4 is 128 Å². The molecule has 40 heavy (non-hydrogen) atoms. The Morgan fingerprint density at radius 3 is 2.02 bits per heavy atom. The van der Waals surface area contributed by atoms with E-state index in [9.17, 15) is 14.4 Å². The summed E-state index contributed by atoms with van der Waals surface area (Å²) in [7, 11) is 0. The standard InChI is InChI=1S/C26H17Cl8N3O3/c1-11-8-13(36-24(40)26(32,33)34)4-7-19(11)37-22(38)15-10-14(3-6-16(15)27)35-23(39)21-20(25(21,30)31)12-2-5-17(28)18(29)9-12/h2-10,20-21H,1H3,(H,35,39)(H,36,40)(H,37,38). The average molecular weight is 703 g/mol. The number of aryl methyl sites for hydroxylation is 1. The zero-order valence-corrected chi connectivity index (χ0v) is 26.1. The summed E-state index contributed by atoms with van der Waals surface area (Å²) in [5.41, 5.74) is 2.50. The first kappa shape index (κ1) is 31.3. The number of carbonyl (C=O) groups excluding carboxylic acids is 3. The molecule has 0 aliphatic heterocycles. The summed E-state index contributed by atoms with van der Waals surface area (Å²) in [5, 5.41) is 8.81. The number of rotatable bonds is 6. The molecule has 0 heterocycles. The van der Waals surface area contributed by atoms with E-state index in [2.05, 4.69) is 16.0 Å². The van der Waals surface area contributed by atoms with Crippen LogP contribution in [0.4, 0.5) is 17.1 Å². The van der Waals surface area contributed by atoms with Crippen molar-refractivity contribution in [3.8, 4) is 0 Å². The van der Waals surface area contributed by atoms with E-state index in [-0.39, 0.29) is 10.6 Å². The van der Waals surface area contributed by atoms with Crippen molar-refractivity contribution < 1.29 is 14.4 Å². The van der Waals surface area contributed by atoms with Gasteiger partial charge in [-0.3, -0.25) is 14.4 Å². The molecule has 3 amide bonds. The summed E-state index contributed by atoms with van der Waals surface area (Å²) in [4.78, 5) is 38.0. The zero-order valence-electron chi connectivity index (χ0n) is 20.1. The van der Waals surface area contributed by atoms with Crippen molar-refractivity contribution in [1.82, 2.24) is 0 Å². The van der Waals surface area contributed by atoms with Gasteiger partial charge in [-0.05, 0) is 66.6 Å². The highest BCUT2D eigenvalue weighted by molar-refractivity contribution is 6.76. The van der Waals surface area contributed by atoms with Crippen molar-refractivity contribution in [3.63, 3.8) is 0 Å². The van der Waals surface area contributed by atoms with E-state index in [0.29, 0.717) is 38.2 Å². The normalized spacial score (nSPS) is 17.6. The van der Waals surface area contributed by atoms with Gasteiger partial charge in [0, 0.05) is 23.0 Å². The smallest absolute Gasteiger partial charge is 0.276 e. The van der Waals surface area contributed by atoms with Crippen LogP contribution >= 0.6 is 92.8 Å². The monoisotopic (exact) mass is 699 g/mol. The van der Waals surface area contributed by atoms with Gasteiger partial charge < -0.3 is 16.0 Å². The van der Waals surface area contributed by atoms with E-state index in [1.165, 1.54) is 18.2 Å². The molecule has 3 N–H and O–H groups in total. The fraction of sp³-hybridized carbons (Fsp3) is 0.192. The molecule has 14 heteroatoms. The highest BCUT2D eigenvalue weighted by atomic mass is 35.6. The molecule has 1 aliphatic carbocycles. The molecule has 1 fully saturated rings. The van der Waals surface area contributed by atoms with Crippen molar-refractivity contribution in [1.29, 1.82) is 0 Å². The first-order chi connectivity index (χ1) is 18.6. The van der Waals surface area contributed by atoms with E-state index < -0.39 is 37.7 Å². The summed E-state index contributed by atoms with van der Waals surface area (Å²) in [6.45, 7) is 1.71. The third-order valence-electron chi connectivity index (χ3n) is 6.11. The minimum absolute atomic E-state index is 0.104. The van der Waals surface area contributed by atoms with Gasteiger partial charge >= 0.3 is 0 Å². The number of benzene rings is 3. The van der Waals surface area contributed by atoms with Crippen molar-refractivity contribution in [2.45, 2.75) is 21.0 Å². The zero-order chi connectivity index (χ0) is 29.6. The van der Waals surface area contributed by atoms with Gasteiger partial charge in [0.15, 0.2) is 0 Å². The van der Waals surface area contributed by atoms with Gasteiger partial charge in [-0.1, -0.05) is 75.7 Å². The molecule has 0 saturated heterocycles. The summed E-state index contributed by atoms with van der Waals surface area (Å²) >= 11 is 48.0. The van der Waals surface area contributed by atoms with Gasteiger partial charge in [-0.15, -0.1) is 23.2 Å². The Hall–Kier alpha value is -1.61. The van der Waals surface area contributed by atoms with Gasteiger partial charge in [0.1, 0.15) is 4.33 Å². The van der Waals surface area contributed by atoms with Crippen LogP contribution in [0, 0.1) is 12.8 Å². The van der Waals surface area contributed by atoms with E-state index in [4.69, 9.17) is 92.8 Å². The number of hydrogen-bond donors (Lipinski definition) is 3. The van der Waals surface area contributed by atoms with Crippen LogP contribution in [0.5, 0.6) is 0 Å². The van der Waals surface area contributed by atoms with Gasteiger partial charge in [-0.25, -0.2) is 0 Å². The molecule has 0 radical (unpaired) electrons. The van der Waals surface area contributed by atoms with Crippen LogP contribution in [-0.2, 0) is 9.59 Å². The predicted molar refractivity (Wildman–Crippen MR) is 165 cm³/mol. The minimum atomic E-state index is -2.13. The molecule has 1 saturated carbocycles. The molecular formula is C26H17Cl8N3O3. The first-order valence-electron chi connectivity index (χ1n) is 11.3. The topological polar surface area (TPSA) is 87.3 Å². The molecule has 0 bridgehead atoms. The van der Waals surface area contributed by atoms with E-state index >= 15 is 0 Å². The van der Waals surface area contributed by atoms with Gasteiger partial charge in [0.25, 0.3) is 15.6 Å². The van der Waals surface area contributed by atoms with Gasteiger partial charge in [0.05, 0.1) is 26.5 Å². The van der Waals surface area contributed by atoms with Crippen molar-refractivity contribution in [2.75, 3.05) is 16.0 Å². The van der Waals surface area contributed by atoms with Crippen LogP contribution in [-0.4, -0.2) is 25.8 Å². The van der Waals surface area contributed by atoms with Crippen LogP contribution in [0.15, 0.2) is 54.6 Å². The molecule has 0 spiro atoms. The van der Waals surface area contributed by atoms with Crippen LogP contribution in [0.1, 0.15) is 27.4 Å². The SMILES string of the molecule is Cc1cc(NC(=O)C(Cl)(Cl)Cl)ccc1NC(=O)c1cc(NC(=O)C2C(c3ccc(Cl)c(Cl)c3)C2(Cl)Cl)ccc1Cl. The Kier molecular flexibility index (Phi) is 9.35. The lowest BCUT2D eigenvalue weighted by Crippen LogP contribution is -2.27. The number of alkyl halides is 5. The Labute approximate surface area is 269 Å². The highest BCUT2D eigenvalue weighted by Gasteiger charge is 2.67. The second-order valence-electron chi connectivity index (χ2n) is 8.92. The molecule has 6 nitrogen and oxygen atoms in total. The maximum Gasteiger partial charge on any atom is 0.276 e. The third kappa shape index (κ3) is 6.88. The van der Waals surface area contributed by atoms with Crippen LogP contribution in [0.2, 0.25) is 15.1 Å². The average Bonchev–Trinajstić information content (AvgIpc) is 3.44. The number of halogens is 8. The number of anilines is 3. The molecule has 210 valence electrons. The lowest BCUT2D eigenvalue weighted by Gasteiger charge is -2.14. The molecule has 3 aromatic carbocycles. The predicted octanol–water partition coefficient (Wildman–Crippen LogP) is 9.04. The molecule has 1 aliphatic rings. The minimum Gasteiger partial charge on any atom is -0.326 e. The summed E-state index contributed by atoms with van der Waals surface area (Å²) in [6.07, 6.45) is 0. The fourth-order valence-electron chi connectivity index (χ4n) is 4.04. The van der Waals surface area contributed by atoms with Crippen LogP contribution in [0.3, 0.4) is 0 Å². The summed E-state index contributed by atoms with van der Waals surface area (Å²) in [6, 6.07) is 14.1. The number of hydrogen-bond acceptors (Lipinski definition) is 3. The van der Waals surface area contributed by atoms with Crippen LogP contribution < -0.4 is 16.0 Å². The first-order valence-corrected chi connectivity index (χ1v) is 14.4. The Morgan fingerprint density at radius 2 is 1.40 bits per heavy atom. The Morgan fingerprint density at radius 1 is 0.775 bits per heavy atom. The maximum atomic E-state index is 13.1. The fourth-order valence-corrected chi connectivity index (χ4v) is 5.52. The molecule has 2 atom stereocenters. The third-order valence-corrected chi connectivity index (χ3v) is 8.63. The highest BCUT2D eigenvalue weighted by Crippen LogP contribution is 2.65. The lowest BCUT2D eigenvalue weighted by molar-refractivity contribution is -0.117. The van der Waals surface area contributed by atoms with Crippen molar-refractivity contribution in [2.24, 2.45) is 5.92 Å². The number of nitrogens with one attached hydrogen (secondary N) is 3. The van der Waals surface area contributed by atoms with Gasteiger partial charge in [-0.2, -0.15) is 0 Å². The lowest BCUT2D eigenvalue weighted by atomic mass is 10.1. The summed E-state index contributed by atoms with van der Waals surface area (Å²) < 4.78 is -3.48. The van der Waals surface area contributed by atoms with Crippen LogP contribution in [0.25, 0.3) is 0 Å². The number of amides is 3. The molecule has 2 unspecified atom stereocenters. The number of carbonyl (C=O) groups is 3. The molecular weight excluding hydrogens is 686 g/mol. The molecule has 3 aromatic rings. The Balaban J connectivity index is 1.46. The van der Waals surface area contributed by atoms with E-state index in [0.717, 1.165) is 0 Å². The summed E-state index contributed by atoms with van der Waals surface area (Å²) in [5.74, 6) is -3.09. The second-order valence-corrected chi connectivity index (χ2v) is 13.9. The van der Waals surface area contributed by atoms with Gasteiger partial charge in [0.2, 0.25) is 5.91 Å². The quantitative estimate of drug-likeness (QED) is 0.224. The van der Waals surface area contributed by atoms with E-state index in [1.54, 1.807) is 43.3 Å². The van der Waals surface area contributed by atoms with E-state index in [1.807, 2.05) is 0 Å². The molecule has 4 rings (SSSR count). The maximum absolute atomic E-state index is 13.1. The molecule has 0 aromatic heterocycles. The largest absolute Gasteiger partial charge is 0.326 e.